The van der Waals surface area contributed by atoms with Gasteiger partial charge in [0.25, 0.3) is 5.91 Å². The smallest absolute Gasteiger partial charge is 0.417 e. The van der Waals surface area contributed by atoms with Gasteiger partial charge in [0.15, 0.2) is 6.17 Å². The number of imide groups is 1. The van der Waals surface area contributed by atoms with Gasteiger partial charge in [-0.2, -0.15) is 0 Å². The summed E-state index contributed by atoms with van der Waals surface area (Å²) in [7, 11) is 0. The SMILES string of the molecule is CCCCCC(CCCCC)[C@@H](F)C(=O)N1C(=O)OC[C@H]1Cc1ccccc1. The third-order valence-corrected chi connectivity index (χ3v) is 5.52. The van der Waals surface area contributed by atoms with Crippen molar-refractivity contribution in [2.75, 3.05) is 6.61 Å². The Morgan fingerprint density at radius 2 is 1.71 bits per heavy atom. The fourth-order valence-corrected chi connectivity index (χ4v) is 3.85. The standard InChI is InChI=1S/C23H34FNO3/c1-3-5-8-14-19(15-9-6-4-2)21(24)22(26)25-20(17-28-23(25)27)16-18-12-10-7-11-13-18/h7,10-13,19-21H,3-6,8-9,14-17H2,1-2H3/t20-,21-/m1/s1. The second-order valence-electron chi connectivity index (χ2n) is 7.78. The summed E-state index contributed by atoms with van der Waals surface area (Å²) in [6.07, 6.45) is 5.54. The Bertz CT molecular complexity index is 597. The first-order chi connectivity index (χ1) is 13.6. The van der Waals surface area contributed by atoms with E-state index in [1.54, 1.807) is 0 Å². The Kier molecular flexibility index (Phi) is 9.45. The Balaban J connectivity index is 2.05. The number of hydrogen-bond acceptors (Lipinski definition) is 3. The number of cyclic esters (lactones) is 1. The van der Waals surface area contributed by atoms with Gasteiger partial charge in [0, 0.05) is 0 Å². The van der Waals surface area contributed by atoms with Crippen molar-refractivity contribution in [1.29, 1.82) is 0 Å². The molecule has 0 unspecified atom stereocenters. The molecule has 2 amide bonds. The number of hydrogen-bond donors (Lipinski definition) is 0. The Morgan fingerprint density at radius 3 is 2.29 bits per heavy atom. The van der Waals surface area contributed by atoms with Crippen LogP contribution < -0.4 is 0 Å². The molecule has 1 aliphatic heterocycles. The molecule has 0 N–H and O–H groups in total. The normalized spacial score (nSPS) is 17.8. The first-order valence-electron chi connectivity index (χ1n) is 10.8. The maximum atomic E-state index is 15.3. The van der Waals surface area contributed by atoms with Gasteiger partial charge in [0.2, 0.25) is 0 Å². The van der Waals surface area contributed by atoms with Crippen molar-refractivity contribution >= 4 is 12.0 Å². The van der Waals surface area contributed by atoms with E-state index >= 15 is 4.39 Å². The van der Waals surface area contributed by atoms with Crippen molar-refractivity contribution in [3.05, 3.63) is 35.9 Å². The Morgan fingerprint density at radius 1 is 1.11 bits per heavy atom. The predicted octanol–water partition coefficient (Wildman–Crippen LogP) is 5.69. The first-order valence-corrected chi connectivity index (χ1v) is 10.8. The van der Waals surface area contributed by atoms with E-state index in [1.807, 2.05) is 30.3 Å². The largest absolute Gasteiger partial charge is 0.447 e. The molecule has 1 aromatic carbocycles. The molecular formula is C23H34FNO3. The van der Waals surface area contributed by atoms with Gasteiger partial charge in [-0.15, -0.1) is 0 Å². The molecule has 28 heavy (non-hydrogen) atoms. The lowest BCUT2D eigenvalue weighted by Gasteiger charge is -2.26. The second kappa shape index (κ2) is 11.8. The zero-order valence-electron chi connectivity index (χ0n) is 17.2. The zero-order valence-corrected chi connectivity index (χ0v) is 17.2. The van der Waals surface area contributed by atoms with Crippen molar-refractivity contribution < 1.29 is 18.7 Å². The van der Waals surface area contributed by atoms with E-state index in [4.69, 9.17) is 4.74 Å². The zero-order chi connectivity index (χ0) is 20.4. The van der Waals surface area contributed by atoms with Crippen LogP contribution in [0.25, 0.3) is 0 Å². The van der Waals surface area contributed by atoms with E-state index < -0.39 is 24.2 Å². The van der Waals surface area contributed by atoms with E-state index in [9.17, 15) is 9.59 Å². The van der Waals surface area contributed by atoms with Gasteiger partial charge in [-0.1, -0.05) is 82.7 Å². The van der Waals surface area contributed by atoms with Gasteiger partial charge < -0.3 is 4.74 Å². The van der Waals surface area contributed by atoms with Gasteiger partial charge in [-0.05, 0) is 30.7 Å². The van der Waals surface area contributed by atoms with Crippen LogP contribution in [0, 0.1) is 5.92 Å². The highest BCUT2D eigenvalue weighted by Crippen LogP contribution is 2.27. The average Bonchev–Trinajstić information content (AvgIpc) is 3.06. The number of nitrogens with zero attached hydrogens (tertiary/aromatic N) is 1. The van der Waals surface area contributed by atoms with Gasteiger partial charge in [-0.3, -0.25) is 4.79 Å². The number of rotatable bonds is 12. The third-order valence-electron chi connectivity index (χ3n) is 5.52. The molecular weight excluding hydrogens is 357 g/mol. The molecule has 1 aliphatic rings. The maximum Gasteiger partial charge on any atom is 0.417 e. The van der Waals surface area contributed by atoms with Crippen molar-refractivity contribution in [2.24, 2.45) is 5.92 Å². The molecule has 0 spiro atoms. The summed E-state index contributed by atoms with van der Waals surface area (Å²) in [4.78, 5) is 26.1. The molecule has 0 radical (unpaired) electrons. The number of unbranched alkanes of at least 4 members (excludes halogenated alkanes) is 4. The lowest BCUT2D eigenvalue weighted by molar-refractivity contribution is -0.136. The van der Waals surface area contributed by atoms with E-state index in [1.165, 1.54) is 0 Å². The summed E-state index contributed by atoms with van der Waals surface area (Å²) in [6, 6.07) is 9.18. The number of benzene rings is 1. The van der Waals surface area contributed by atoms with Crippen molar-refractivity contribution in [3.63, 3.8) is 0 Å². The molecule has 4 nitrogen and oxygen atoms in total. The minimum absolute atomic E-state index is 0.128. The fraction of sp³-hybridized carbons (Fsp3) is 0.652. The Labute approximate surface area is 168 Å². The van der Waals surface area contributed by atoms with Gasteiger partial charge >= 0.3 is 6.09 Å². The van der Waals surface area contributed by atoms with Crippen molar-refractivity contribution in [3.8, 4) is 0 Å². The lowest BCUT2D eigenvalue weighted by atomic mass is 9.90. The summed E-state index contributed by atoms with van der Waals surface area (Å²) in [6.45, 7) is 4.35. The topological polar surface area (TPSA) is 46.6 Å². The van der Waals surface area contributed by atoms with Gasteiger partial charge in [-0.25, -0.2) is 14.1 Å². The van der Waals surface area contributed by atoms with E-state index in [0.29, 0.717) is 19.3 Å². The molecule has 1 saturated heterocycles. The van der Waals surface area contributed by atoms with Crippen LogP contribution in [-0.2, 0) is 16.0 Å². The Hall–Kier alpha value is -1.91. The van der Waals surface area contributed by atoms with Crippen LogP contribution in [0.3, 0.4) is 0 Å². The highest BCUT2D eigenvalue weighted by Gasteiger charge is 2.43. The van der Waals surface area contributed by atoms with Crippen LogP contribution in [0.4, 0.5) is 9.18 Å². The van der Waals surface area contributed by atoms with Crippen LogP contribution in [-0.4, -0.2) is 35.7 Å². The van der Waals surface area contributed by atoms with Gasteiger partial charge in [0.1, 0.15) is 6.61 Å². The van der Waals surface area contributed by atoms with Crippen LogP contribution in [0.1, 0.15) is 70.8 Å². The molecule has 156 valence electrons. The van der Waals surface area contributed by atoms with Crippen molar-refractivity contribution in [1.82, 2.24) is 4.90 Å². The molecule has 1 fully saturated rings. The highest BCUT2D eigenvalue weighted by molar-refractivity contribution is 5.96. The van der Waals surface area contributed by atoms with Crippen LogP contribution in [0.15, 0.2) is 30.3 Å². The molecule has 0 aromatic heterocycles. The van der Waals surface area contributed by atoms with E-state index in [2.05, 4.69) is 13.8 Å². The summed E-state index contributed by atoms with van der Waals surface area (Å²) >= 11 is 0. The fourth-order valence-electron chi connectivity index (χ4n) is 3.85. The molecule has 5 heteroatoms. The predicted molar refractivity (Wildman–Crippen MR) is 109 cm³/mol. The monoisotopic (exact) mass is 391 g/mol. The lowest BCUT2D eigenvalue weighted by Crippen LogP contribution is -2.46. The minimum atomic E-state index is -1.64. The number of ether oxygens (including phenoxy) is 1. The second-order valence-corrected chi connectivity index (χ2v) is 7.78. The number of carbonyl (C=O) groups is 2. The third kappa shape index (κ3) is 6.32. The quantitative estimate of drug-likeness (QED) is 0.430. The number of halogens is 1. The van der Waals surface area contributed by atoms with Gasteiger partial charge in [0.05, 0.1) is 6.04 Å². The maximum absolute atomic E-state index is 15.3. The van der Waals surface area contributed by atoms with Crippen molar-refractivity contribution in [2.45, 2.75) is 83.8 Å². The summed E-state index contributed by atoms with van der Waals surface area (Å²) in [5.41, 5.74) is 1.00. The number of carbonyl (C=O) groups excluding carboxylic acids is 2. The molecule has 2 atom stereocenters. The summed E-state index contributed by atoms with van der Waals surface area (Å²) in [5.74, 6) is -1.04. The summed E-state index contributed by atoms with van der Waals surface area (Å²) in [5, 5.41) is 0. The van der Waals surface area contributed by atoms with E-state index in [-0.39, 0.29) is 12.5 Å². The molecule has 0 bridgehead atoms. The molecule has 2 rings (SSSR count). The van der Waals surface area contributed by atoms with E-state index in [0.717, 1.165) is 49.0 Å². The van der Waals surface area contributed by atoms with Crippen LogP contribution >= 0.6 is 0 Å². The van der Waals surface area contributed by atoms with Crippen LogP contribution in [0.2, 0.25) is 0 Å². The molecule has 0 aliphatic carbocycles. The first kappa shape index (κ1) is 22.4. The molecule has 1 heterocycles. The minimum Gasteiger partial charge on any atom is -0.447 e. The summed E-state index contributed by atoms with van der Waals surface area (Å²) < 4.78 is 20.4. The average molecular weight is 392 g/mol. The van der Waals surface area contributed by atoms with Crippen LogP contribution in [0.5, 0.6) is 0 Å². The number of alkyl halides is 1. The molecule has 0 saturated carbocycles. The molecule has 1 aromatic rings. The highest BCUT2D eigenvalue weighted by atomic mass is 19.1. The number of amides is 2.